The fraction of sp³-hybridized carbons (Fsp3) is 0.353. The Morgan fingerprint density at radius 3 is 2.47 bits per heavy atom. The second-order valence-electron chi connectivity index (χ2n) is 5.66. The fourth-order valence-electron chi connectivity index (χ4n) is 2.82. The van der Waals surface area contributed by atoms with Gasteiger partial charge in [-0.2, -0.15) is 0 Å². The van der Waals surface area contributed by atoms with Gasteiger partial charge in [-0.15, -0.1) is 0 Å². The van der Waals surface area contributed by atoms with Crippen molar-refractivity contribution in [3.8, 4) is 0 Å². The second kappa shape index (κ2) is 4.78. The van der Waals surface area contributed by atoms with Crippen LogP contribution in [0.5, 0.6) is 0 Å². The maximum Gasteiger partial charge on any atom is 0.0419 e. The number of pyridine rings is 1. The first-order valence-corrected chi connectivity index (χ1v) is 6.93. The molecule has 2 aromatic rings. The molecule has 0 spiro atoms. The van der Waals surface area contributed by atoms with Crippen LogP contribution in [0.15, 0.2) is 48.7 Å². The molecule has 3 rings (SSSR count). The van der Waals surface area contributed by atoms with Crippen molar-refractivity contribution in [1.29, 1.82) is 0 Å². The van der Waals surface area contributed by atoms with Crippen LogP contribution in [-0.2, 0) is 11.8 Å². The van der Waals surface area contributed by atoms with Crippen LogP contribution in [0.1, 0.15) is 29.7 Å². The monoisotopic (exact) mass is 252 g/mol. The Morgan fingerprint density at radius 2 is 1.89 bits per heavy atom. The van der Waals surface area contributed by atoms with E-state index in [1.54, 1.807) is 0 Å². The minimum absolute atomic E-state index is 0.158. The van der Waals surface area contributed by atoms with Crippen LogP contribution < -0.4 is 5.73 Å². The Bertz CT molecular complexity index is 541. The molecular formula is C17H20N2. The third kappa shape index (κ3) is 2.41. The van der Waals surface area contributed by atoms with E-state index in [0.717, 1.165) is 12.1 Å². The van der Waals surface area contributed by atoms with Crippen molar-refractivity contribution in [2.75, 3.05) is 0 Å². The number of nitrogens with two attached hydrogens (primary N) is 1. The van der Waals surface area contributed by atoms with Gasteiger partial charge in [-0.05, 0) is 37.0 Å². The highest BCUT2D eigenvalue weighted by atomic mass is 14.8. The van der Waals surface area contributed by atoms with E-state index in [1.165, 1.54) is 24.0 Å². The smallest absolute Gasteiger partial charge is 0.0419 e. The van der Waals surface area contributed by atoms with Gasteiger partial charge in [0.05, 0.1) is 0 Å². The first-order valence-electron chi connectivity index (χ1n) is 6.93. The Balaban J connectivity index is 1.77. The Hall–Kier alpha value is -1.67. The largest absolute Gasteiger partial charge is 0.327 e. The quantitative estimate of drug-likeness (QED) is 0.908. The van der Waals surface area contributed by atoms with E-state index in [0.29, 0.717) is 0 Å². The number of nitrogens with zero attached hydrogens (tertiary/aromatic N) is 1. The van der Waals surface area contributed by atoms with Gasteiger partial charge >= 0.3 is 0 Å². The van der Waals surface area contributed by atoms with Crippen molar-refractivity contribution in [2.24, 2.45) is 5.73 Å². The number of aromatic nitrogens is 1. The highest BCUT2D eigenvalue weighted by molar-refractivity contribution is 5.34. The highest BCUT2D eigenvalue weighted by Crippen LogP contribution is 2.50. The van der Waals surface area contributed by atoms with E-state index in [2.05, 4.69) is 54.4 Å². The maximum absolute atomic E-state index is 6.48. The van der Waals surface area contributed by atoms with Crippen molar-refractivity contribution in [3.05, 3.63) is 65.5 Å². The minimum atomic E-state index is 0.158. The van der Waals surface area contributed by atoms with Crippen molar-refractivity contribution in [1.82, 2.24) is 4.98 Å². The normalized spacial score (nSPS) is 18.0. The van der Waals surface area contributed by atoms with Crippen LogP contribution >= 0.6 is 0 Å². The van der Waals surface area contributed by atoms with Crippen molar-refractivity contribution < 1.29 is 0 Å². The van der Waals surface area contributed by atoms with Gasteiger partial charge in [0, 0.05) is 29.8 Å². The summed E-state index contributed by atoms with van der Waals surface area (Å²) in [6.45, 7) is 2.06. The van der Waals surface area contributed by atoms with Gasteiger partial charge in [-0.25, -0.2) is 0 Å². The van der Waals surface area contributed by atoms with Crippen LogP contribution in [0.4, 0.5) is 0 Å². The van der Waals surface area contributed by atoms with Crippen LogP contribution in [-0.4, -0.2) is 11.0 Å². The number of benzene rings is 1. The zero-order valence-corrected chi connectivity index (χ0v) is 11.3. The lowest BCUT2D eigenvalue weighted by Crippen LogP contribution is -2.37. The Labute approximate surface area is 114 Å². The molecule has 98 valence electrons. The Morgan fingerprint density at radius 1 is 1.16 bits per heavy atom. The van der Waals surface area contributed by atoms with Crippen molar-refractivity contribution >= 4 is 0 Å². The molecule has 1 unspecified atom stereocenters. The average molecular weight is 252 g/mol. The van der Waals surface area contributed by atoms with Gasteiger partial charge in [0.1, 0.15) is 0 Å². The number of rotatable bonds is 4. The van der Waals surface area contributed by atoms with Gasteiger partial charge in [0.15, 0.2) is 0 Å². The third-order valence-electron chi connectivity index (χ3n) is 4.25. The predicted octanol–water partition coefficient (Wildman–Crippen LogP) is 2.99. The van der Waals surface area contributed by atoms with Crippen molar-refractivity contribution in [3.63, 3.8) is 0 Å². The van der Waals surface area contributed by atoms with Gasteiger partial charge < -0.3 is 5.73 Å². The molecule has 1 atom stereocenters. The van der Waals surface area contributed by atoms with E-state index < -0.39 is 0 Å². The third-order valence-corrected chi connectivity index (χ3v) is 4.25. The summed E-state index contributed by atoms with van der Waals surface area (Å²) in [6, 6.07) is 15.0. The summed E-state index contributed by atoms with van der Waals surface area (Å²) in [5.74, 6) is 0. The zero-order chi connectivity index (χ0) is 13.3. The molecule has 2 N–H and O–H groups in total. The second-order valence-corrected chi connectivity index (χ2v) is 5.66. The molecule has 1 aliphatic carbocycles. The number of aryl methyl sites for hydroxylation is 1. The molecule has 1 aliphatic rings. The molecule has 2 nitrogen and oxygen atoms in total. The maximum atomic E-state index is 6.48. The summed E-state index contributed by atoms with van der Waals surface area (Å²) in [7, 11) is 0. The summed E-state index contributed by atoms with van der Waals surface area (Å²) in [6.07, 6.45) is 5.17. The highest BCUT2D eigenvalue weighted by Gasteiger charge is 2.48. The molecule has 0 saturated heterocycles. The zero-order valence-electron chi connectivity index (χ0n) is 11.3. The molecule has 0 amide bonds. The average Bonchev–Trinajstić information content (AvgIpc) is 3.24. The van der Waals surface area contributed by atoms with Gasteiger partial charge in [0.25, 0.3) is 0 Å². The summed E-state index contributed by atoms with van der Waals surface area (Å²) in [5, 5.41) is 0. The van der Waals surface area contributed by atoms with Gasteiger partial charge in [-0.3, -0.25) is 4.98 Å². The summed E-state index contributed by atoms with van der Waals surface area (Å²) < 4.78 is 0. The molecular weight excluding hydrogens is 232 g/mol. The molecule has 1 heterocycles. The van der Waals surface area contributed by atoms with Crippen molar-refractivity contribution in [2.45, 2.75) is 37.6 Å². The van der Waals surface area contributed by atoms with E-state index in [-0.39, 0.29) is 11.5 Å². The van der Waals surface area contributed by atoms with Crippen LogP contribution in [0, 0.1) is 6.92 Å². The molecule has 1 fully saturated rings. The lowest BCUT2D eigenvalue weighted by Gasteiger charge is -2.23. The van der Waals surface area contributed by atoms with Gasteiger partial charge in [0.2, 0.25) is 0 Å². The molecule has 2 heteroatoms. The van der Waals surface area contributed by atoms with E-state index in [1.807, 2.05) is 6.20 Å². The van der Waals surface area contributed by atoms with Crippen LogP contribution in [0.25, 0.3) is 0 Å². The van der Waals surface area contributed by atoms with Gasteiger partial charge in [-0.1, -0.05) is 36.4 Å². The molecule has 1 saturated carbocycles. The number of hydrogen-bond donors (Lipinski definition) is 1. The molecule has 0 aliphatic heterocycles. The summed E-state index contributed by atoms with van der Waals surface area (Å²) in [5.41, 5.74) is 10.3. The minimum Gasteiger partial charge on any atom is -0.327 e. The van der Waals surface area contributed by atoms with E-state index >= 15 is 0 Å². The van der Waals surface area contributed by atoms with E-state index in [9.17, 15) is 0 Å². The van der Waals surface area contributed by atoms with E-state index in [4.69, 9.17) is 5.73 Å². The lowest BCUT2D eigenvalue weighted by molar-refractivity contribution is 0.509. The Kier molecular flexibility index (Phi) is 3.11. The van der Waals surface area contributed by atoms with Crippen LogP contribution in [0.2, 0.25) is 0 Å². The topological polar surface area (TPSA) is 38.9 Å². The first-order chi connectivity index (χ1) is 9.21. The molecule has 0 radical (unpaired) electrons. The number of hydrogen-bond acceptors (Lipinski definition) is 2. The summed E-state index contributed by atoms with van der Waals surface area (Å²) >= 11 is 0. The van der Waals surface area contributed by atoms with Crippen LogP contribution in [0.3, 0.4) is 0 Å². The fourth-order valence-corrected chi connectivity index (χ4v) is 2.82. The molecule has 0 bridgehead atoms. The summed E-state index contributed by atoms with van der Waals surface area (Å²) in [4.78, 5) is 4.47. The lowest BCUT2D eigenvalue weighted by atomic mass is 9.86. The molecule has 19 heavy (non-hydrogen) atoms. The molecule has 1 aromatic heterocycles. The first kappa shape index (κ1) is 12.4. The predicted molar refractivity (Wildman–Crippen MR) is 78.0 cm³/mol. The standard InChI is InChI=1S/C17H20N2/c1-13-7-8-15(19-12-13)11-16(18)17(9-10-17)14-5-3-2-4-6-14/h2-8,12,16H,9-11,18H2,1H3. The molecule has 1 aromatic carbocycles. The SMILES string of the molecule is Cc1ccc(CC(N)C2(c3ccccc3)CC2)nc1.